The molecule has 0 amide bonds. The third-order valence-corrected chi connectivity index (χ3v) is 5.85. The molecule has 1 saturated heterocycles. The van der Waals surface area contributed by atoms with E-state index >= 15 is 0 Å². The molecule has 20 heavy (non-hydrogen) atoms. The van der Waals surface area contributed by atoms with E-state index in [0.29, 0.717) is 5.41 Å². The van der Waals surface area contributed by atoms with Crippen molar-refractivity contribution in [3.05, 3.63) is 0 Å². The third kappa shape index (κ3) is 3.98. The van der Waals surface area contributed by atoms with E-state index in [1.807, 2.05) is 0 Å². The quantitative estimate of drug-likeness (QED) is 0.793. The zero-order valence-corrected chi connectivity index (χ0v) is 14.5. The lowest BCUT2D eigenvalue weighted by Gasteiger charge is -2.38. The van der Waals surface area contributed by atoms with Crippen molar-refractivity contribution in [1.82, 2.24) is 10.2 Å². The summed E-state index contributed by atoms with van der Waals surface area (Å²) in [5.41, 5.74) is 0.697. The van der Waals surface area contributed by atoms with Crippen LogP contribution in [0.5, 0.6) is 0 Å². The van der Waals surface area contributed by atoms with Crippen LogP contribution in [0.4, 0.5) is 0 Å². The number of likely N-dealkylation sites (tertiary alicyclic amines) is 1. The van der Waals surface area contributed by atoms with Gasteiger partial charge in [-0.25, -0.2) is 0 Å². The fourth-order valence-corrected chi connectivity index (χ4v) is 4.17. The summed E-state index contributed by atoms with van der Waals surface area (Å²) in [5.74, 6) is 2.05. The van der Waals surface area contributed by atoms with E-state index in [1.165, 1.54) is 51.7 Å². The molecule has 0 spiro atoms. The van der Waals surface area contributed by atoms with Crippen molar-refractivity contribution in [2.24, 2.45) is 17.3 Å². The van der Waals surface area contributed by atoms with Crippen LogP contribution in [-0.2, 0) is 0 Å². The third-order valence-electron chi connectivity index (χ3n) is 5.85. The zero-order valence-electron chi connectivity index (χ0n) is 14.5. The average Bonchev–Trinajstić information content (AvgIpc) is 2.94. The second kappa shape index (κ2) is 6.36. The van der Waals surface area contributed by atoms with Gasteiger partial charge in [0.25, 0.3) is 0 Å². The van der Waals surface area contributed by atoms with Crippen molar-refractivity contribution in [2.75, 3.05) is 26.2 Å². The van der Waals surface area contributed by atoms with E-state index in [4.69, 9.17) is 0 Å². The Morgan fingerprint density at radius 3 is 2.00 bits per heavy atom. The standard InChI is InChI=1S/C18H36N2/c1-6-18(7-2,13-19-17(3,4)5)14-20-11-15-9-8-10-16(15)12-20/h15-16,19H,6-14H2,1-5H3. The van der Waals surface area contributed by atoms with Crippen LogP contribution in [0, 0.1) is 17.3 Å². The second-order valence-electron chi connectivity index (χ2n) is 8.46. The van der Waals surface area contributed by atoms with Gasteiger partial charge in [0.15, 0.2) is 0 Å². The van der Waals surface area contributed by atoms with Gasteiger partial charge in [0.2, 0.25) is 0 Å². The molecule has 0 radical (unpaired) electrons. The first kappa shape index (κ1) is 16.3. The van der Waals surface area contributed by atoms with E-state index in [1.54, 1.807) is 0 Å². The molecular weight excluding hydrogens is 244 g/mol. The van der Waals surface area contributed by atoms with Gasteiger partial charge in [-0.1, -0.05) is 20.3 Å². The maximum atomic E-state index is 3.76. The van der Waals surface area contributed by atoms with Crippen LogP contribution in [0.25, 0.3) is 0 Å². The Labute approximate surface area is 126 Å². The van der Waals surface area contributed by atoms with E-state index in [0.717, 1.165) is 18.4 Å². The lowest BCUT2D eigenvalue weighted by atomic mass is 9.81. The highest BCUT2D eigenvalue weighted by Gasteiger charge is 2.39. The molecule has 2 rings (SSSR count). The number of hydrogen-bond acceptors (Lipinski definition) is 2. The number of nitrogens with one attached hydrogen (secondary N) is 1. The van der Waals surface area contributed by atoms with Gasteiger partial charge in [-0.2, -0.15) is 0 Å². The molecule has 0 aromatic carbocycles. The van der Waals surface area contributed by atoms with Gasteiger partial charge in [-0.3, -0.25) is 0 Å². The highest BCUT2D eigenvalue weighted by molar-refractivity contribution is 4.93. The second-order valence-corrected chi connectivity index (χ2v) is 8.46. The first-order chi connectivity index (χ1) is 9.37. The Morgan fingerprint density at radius 1 is 1.00 bits per heavy atom. The van der Waals surface area contributed by atoms with Gasteiger partial charge >= 0.3 is 0 Å². The summed E-state index contributed by atoms with van der Waals surface area (Å²) in [4.78, 5) is 2.78. The zero-order chi connectivity index (χ0) is 14.8. The Morgan fingerprint density at radius 2 is 1.55 bits per heavy atom. The van der Waals surface area contributed by atoms with E-state index in [2.05, 4.69) is 44.8 Å². The van der Waals surface area contributed by atoms with Crippen molar-refractivity contribution in [3.8, 4) is 0 Å². The van der Waals surface area contributed by atoms with Crippen LogP contribution >= 0.6 is 0 Å². The van der Waals surface area contributed by atoms with Crippen LogP contribution < -0.4 is 5.32 Å². The van der Waals surface area contributed by atoms with Gasteiger partial charge < -0.3 is 10.2 Å². The largest absolute Gasteiger partial charge is 0.311 e. The van der Waals surface area contributed by atoms with Crippen molar-refractivity contribution in [2.45, 2.75) is 72.3 Å². The minimum Gasteiger partial charge on any atom is -0.311 e. The fraction of sp³-hybridized carbons (Fsp3) is 1.00. The lowest BCUT2D eigenvalue weighted by molar-refractivity contribution is 0.137. The summed E-state index contributed by atoms with van der Waals surface area (Å²) in [6, 6.07) is 0. The van der Waals surface area contributed by atoms with Gasteiger partial charge in [-0.15, -0.1) is 0 Å². The molecule has 1 aliphatic carbocycles. The summed E-state index contributed by atoms with van der Waals surface area (Å²) in [6.45, 7) is 16.8. The summed E-state index contributed by atoms with van der Waals surface area (Å²) >= 11 is 0. The molecule has 2 heteroatoms. The number of nitrogens with zero attached hydrogens (tertiary/aromatic N) is 1. The molecule has 2 atom stereocenters. The first-order valence-electron chi connectivity index (χ1n) is 8.85. The van der Waals surface area contributed by atoms with Crippen molar-refractivity contribution >= 4 is 0 Å². The highest BCUT2D eigenvalue weighted by Crippen LogP contribution is 2.39. The molecular formula is C18H36N2. The topological polar surface area (TPSA) is 15.3 Å². The van der Waals surface area contributed by atoms with Crippen LogP contribution in [0.2, 0.25) is 0 Å². The monoisotopic (exact) mass is 280 g/mol. The van der Waals surface area contributed by atoms with Gasteiger partial charge in [0, 0.05) is 31.7 Å². The number of rotatable bonds is 6. The van der Waals surface area contributed by atoms with Crippen LogP contribution in [-0.4, -0.2) is 36.6 Å². The molecule has 118 valence electrons. The molecule has 2 aliphatic rings. The summed E-state index contributed by atoms with van der Waals surface area (Å²) in [5, 5.41) is 3.76. The molecule has 0 aromatic heterocycles. The van der Waals surface area contributed by atoms with E-state index < -0.39 is 0 Å². The molecule has 1 N–H and O–H groups in total. The average molecular weight is 280 g/mol. The summed E-state index contributed by atoms with van der Waals surface area (Å²) < 4.78 is 0. The maximum absolute atomic E-state index is 3.76. The Hall–Kier alpha value is -0.0800. The van der Waals surface area contributed by atoms with Gasteiger partial charge in [0.05, 0.1) is 0 Å². The van der Waals surface area contributed by atoms with Crippen molar-refractivity contribution < 1.29 is 0 Å². The molecule has 2 fully saturated rings. The minimum atomic E-state index is 0.233. The lowest BCUT2D eigenvalue weighted by Crippen LogP contribution is -2.48. The summed E-state index contributed by atoms with van der Waals surface area (Å²) in [6.07, 6.45) is 7.05. The first-order valence-corrected chi connectivity index (χ1v) is 8.85. The molecule has 1 heterocycles. The summed E-state index contributed by atoms with van der Waals surface area (Å²) in [7, 11) is 0. The van der Waals surface area contributed by atoms with Gasteiger partial charge in [-0.05, 0) is 63.7 Å². The van der Waals surface area contributed by atoms with Crippen molar-refractivity contribution in [3.63, 3.8) is 0 Å². The van der Waals surface area contributed by atoms with E-state index in [-0.39, 0.29) is 5.54 Å². The number of fused-ring (bicyclic) bond motifs is 1. The highest BCUT2D eigenvalue weighted by atomic mass is 15.2. The van der Waals surface area contributed by atoms with Crippen LogP contribution in [0.15, 0.2) is 0 Å². The van der Waals surface area contributed by atoms with Crippen LogP contribution in [0.3, 0.4) is 0 Å². The predicted octanol–water partition coefficient (Wildman–Crippen LogP) is 3.91. The normalized spacial score (nSPS) is 28.1. The Kier molecular flexibility index (Phi) is 5.18. The molecule has 1 aliphatic heterocycles. The molecule has 2 nitrogen and oxygen atoms in total. The SMILES string of the molecule is CCC(CC)(CNC(C)(C)C)CN1CC2CCCC2C1. The molecule has 0 bridgehead atoms. The molecule has 0 aromatic rings. The van der Waals surface area contributed by atoms with Gasteiger partial charge in [0.1, 0.15) is 0 Å². The predicted molar refractivity (Wildman–Crippen MR) is 88.0 cm³/mol. The maximum Gasteiger partial charge on any atom is 0.00967 e. The molecule has 2 unspecified atom stereocenters. The smallest absolute Gasteiger partial charge is 0.00967 e. The number of hydrogen-bond donors (Lipinski definition) is 1. The van der Waals surface area contributed by atoms with Crippen LogP contribution in [0.1, 0.15) is 66.7 Å². The molecule has 1 saturated carbocycles. The van der Waals surface area contributed by atoms with Crippen molar-refractivity contribution in [1.29, 1.82) is 0 Å². The Balaban J connectivity index is 1.91. The minimum absolute atomic E-state index is 0.233. The fourth-order valence-electron chi connectivity index (χ4n) is 4.17. The Bertz CT molecular complexity index is 289. The van der Waals surface area contributed by atoms with E-state index in [9.17, 15) is 0 Å².